The number of amides is 1. The van der Waals surface area contributed by atoms with Gasteiger partial charge in [-0.1, -0.05) is 18.2 Å². The first kappa shape index (κ1) is 16.1. The lowest BCUT2D eigenvalue weighted by Gasteiger charge is -2.21. The fraction of sp³-hybridized carbons (Fsp3) is 0.375. The van der Waals surface area contributed by atoms with Gasteiger partial charge < -0.3 is 9.64 Å². The fourth-order valence-electron chi connectivity index (χ4n) is 1.73. The molecule has 0 N–H and O–H groups in total. The molecule has 0 aliphatic heterocycles. The third-order valence-electron chi connectivity index (χ3n) is 2.75. The van der Waals surface area contributed by atoms with Crippen molar-refractivity contribution in [3.05, 3.63) is 54.4 Å². The van der Waals surface area contributed by atoms with Crippen LogP contribution >= 0.6 is 0 Å². The summed E-state index contributed by atoms with van der Waals surface area (Å²) in [5.41, 5.74) is 1.07. The Labute approximate surface area is 120 Å². The molecule has 4 nitrogen and oxygen atoms in total. The lowest BCUT2D eigenvalue weighted by molar-refractivity contribution is -0.126. The highest BCUT2D eigenvalue weighted by molar-refractivity contribution is 5.87. The molecule has 0 aromatic carbocycles. The van der Waals surface area contributed by atoms with Crippen LogP contribution in [0, 0.1) is 0 Å². The number of allylic oxidation sites excluding steroid dienone is 3. The van der Waals surface area contributed by atoms with Gasteiger partial charge in [0.05, 0.1) is 0 Å². The van der Waals surface area contributed by atoms with Gasteiger partial charge in [-0.25, -0.2) is 0 Å². The summed E-state index contributed by atoms with van der Waals surface area (Å²) >= 11 is 0. The average Bonchev–Trinajstić information content (AvgIpc) is 2.47. The third kappa shape index (κ3) is 6.29. The molecule has 108 valence electrons. The zero-order chi connectivity index (χ0) is 14.6. The van der Waals surface area contributed by atoms with E-state index in [0.717, 1.165) is 12.0 Å². The highest BCUT2D eigenvalue weighted by atomic mass is 16.5. The van der Waals surface area contributed by atoms with E-state index in [1.807, 2.05) is 36.1 Å². The third-order valence-corrected chi connectivity index (χ3v) is 2.75. The van der Waals surface area contributed by atoms with Crippen molar-refractivity contribution in [2.24, 2.45) is 0 Å². The van der Waals surface area contributed by atoms with E-state index < -0.39 is 0 Å². The first-order valence-electron chi connectivity index (χ1n) is 6.74. The summed E-state index contributed by atoms with van der Waals surface area (Å²) in [7, 11) is 1.67. The Morgan fingerprint density at radius 3 is 2.75 bits per heavy atom. The molecule has 0 atom stereocenters. The standard InChI is InChI=1S/C16H22N2O2/c1-3-4-5-7-16(19)18(12-6-13-20-2)14-15-8-10-17-11-9-15/h3-5,7-11H,6,12-14H2,1-2H3/b4-3+,7-5+. The second-order valence-corrected chi connectivity index (χ2v) is 4.35. The maximum Gasteiger partial charge on any atom is 0.246 e. The van der Waals surface area contributed by atoms with Crippen molar-refractivity contribution < 1.29 is 9.53 Å². The summed E-state index contributed by atoms with van der Waals surface area (Å²) in [6.07, 6.45) is 11.4. The molecule has 1 amide bonds. The molecule has 4 heteroatoms. The second kappa shape index (κ2) is 9.92. The molecular formula is C16H22N2O2. The monoisotopic (exact) mass is 274 g/mol. The Bertz CT molecular complexity index is 441. The van der Waals surface area contributed by atoms with Gasteiger partial charge in [-0.15, -0.1) is 0 Å². The molecule has 0 aliphatic rings. The van der Waals surface area contributed by atoms with Crippen LogP contribution in [0.15, 0.2) is 48.8 Å². The Kier molecular flexibility index (Phi) is 7.99. The zero-order valence-electron chi connectivity index (χ0n) is 12.2. The van der Waals surface area contributed by atoms with Gasteiger partial charge in [0.25, 0.3) is 0 Å². The SMILES string of the molecule is C/C=C/C=C/C(=O)N(CCCOC)Cc1ccncc1. The Morgan fingerprint density at radius 1 is 1.35 bits per heavy atom. The summed E-state index contributed by atoms with van der Waals surface area (Å²) in [4.78, 5) is 18.0. The minimum absolute atomic E-state index is 0.0102. The number of hydrogen-bond donors (Lipinski definition) is 0. The fourth-order valence-corrected chi connectivity index (χ4v) is 1.73. The van der Waals surface area contributed by atoms with Gasteiger partial charge in [-0.3, -0.25) is 9.78 Å². The quantitative estimate of drug-likeness (QED) is 0.416. The molecule has 1 aromatic rings. The van der Waals surface area contributed by atoms with Crippen LogP contribution in [0.25, 0.3) is 0 Å². The van der Waals surface area contributed by atoms with Crippen LogP contribution in [-0.2, 0) is 16.1 Å². The molecule has 1 rings (SSSR count). The number of aromatic nitrogens is 1. The number of carbonyl (C=O) groups is 1. The highest BCUT2D eigenvalue weighted by Gasteiger charge is 2.10. The first-order valence-corrected chi connectivity index (χ1v) is 6.74. The van der Waals surface area contributed by atoms with E-state index in [-0.39, 0.29) is 5.91 Å². The van der Waals surface area contributed by atoms with Crippen LogP contribution in [0.5, 0.6) is 0 Å². The molecule has 0 aliphatic carbocycles. The van der Waals surface area contributed by atoms with Gasteiger partial charge in [-0.2, -0.15) is 0 Å². The molecule has 20 heavy (non-hydrogen) atoms. The lowest BCUT2D eigenvalue weighted by Crippen LogP contribution is -2.30. The van der Waals surface area contributed by atoms with Gasteiger partial charge in [0.1, 0.15) is 0 Å². The Hall–Kier alpha value is -1.94. The van der Waals surface area contributed by atoms with Crippen LogP contribution in [0.3, 0.4) is 0 Å². The van der Waals surface area contributed by atoms with E-state index in [0.29, 0.717) is 19.7 Å². The van der Waals surface area contributed by atoms with Crippen LogP contribution in [0.2, 0.25) is 0 Å². The van der Waals surface area contributed by atoms with Crippen LogP contribution in [-0.4, -0.2) is 36.1 Å². The summed E-state index contributed by atoms with van der Waals surface area (Å²) in [6, 6.07) is 3.85. The summed E-state index contributed by atoms with van der Waals surface area (Å²) in [5.74, 6) is 0.0102. The topological polar surface area (TPSA) is 42.4 Å². The van der Waals surface area contributed by atoms with E-state index in [2.05, 4.69) is 4.98 Å². The number of ether oxygens (including phenoxy) is 1. The van der Waals surface area contributed by atoms with E-state index >= 15 is 0 Å². The maximum absolute atomic E-state index is 12.2. The molecule has 0 bridgehead atoms. The van der Waals surface area contributed by atoms with E-state index in [1.54, 1.807) is 31.7 Å². The number of rotatable bonds is 8. The average molecular weight is 274 g/mol. The molecule has 1 heterocycles. The van der Waals surface area contributed by atoms with Crippen molar-refractivity contribution in [2.45, 2.75) is 19.9 Å². The van der Waals surface area contributed by atoms with Crippen molar-refractivity contribution >= 4 is 5.91 Å². The number of pyridine rings is 1. The summed E-state index contributed by atoms with van der Waals surface area (Å²) < 4.78 is 5.04. The van der Waals surface area contributed by atoms with E-state index in [9.17, 15) is 4.79 Å². The van der Waals surface area contributed by atoms with Gasteiger partial charge in [-0.05, 0) is 31.0 Å². The van der Waals surface area contributed by atoms with Crippen molar-refractivity contribution in [1.82, 2.24) is 9.88 Å². The molecule has 1 aromatic heterocycles. The smallest absolute Gasteiger partial charge is 0.246 e. The van der Waals surface area contributed by atoms with Crippen molar-refractivity contribution in [1.29, 1.82) is 0 Å². The number of methoxy groups -OCH3 is 1. The van der Waals surface area contributed by atoms with Crippen molar-refractivity contribution in [3.8, 4) is 0 Å². The summed E-state index contributed by atoms with van der Waals surface area (Å²) in [6.45, 7) is 3.83. The van der Waals surface area contributed by atoms with Gasteiger partial charge in [0.15, 0.2) is 0 Å². The second-order valence-electron chi connectivity index (χ2n) is 4.35. The van der Waals surface area contributed by atoms with Gasteiger partial charge in [0, 0.05) is 45.3 Å². The van der Waals surface area contributed by atoms with Gasteiger partial charge in [0.2, 0.25) is 5.91 Å². The zero-order valence-corrected chi connectivity index (χ0v) is 12.2. The molecule has 0 radical (unpaired) electrons. The predicted molar refractivity (Wildman–Crippen MR) is 80.1 cm³/mol. The minimum Gasteiger partial charge on any atom is -0.385 e. The van der Waals surface area contributed by atoms with Crippen LogP contribution in [0.4, 0.5) is 0 Å². The molecule has 0 saturated carbocycles. The summed E-state index contributed by atoms with van der Waals surface area (Å²) in [5, 5.41) is 0. The number of hydrogen-bond acceptors (Lipinski definition) is 3. The molecule has 0 saturated heterocycles. The van der Waals surface area contributed by atoms with Gasteiger partial charge >= 0.3 is 0 Å². The molecule has 0 fully saturated rings. The largest absolute Gasteiger partial charge is 0.385 e. The molecule has 0 unspecified atom stereocenters. The van der Waals surface area contributed by atoms with E-state index in [1.165, 1.54) is 0 Å². The Morgan fingerprint density at radius 2 is 2.10 bits per heavy atom. The molecule has 0 spiro atoms. The maximum atomic E-state index is 12.2. The lowest BCUT2D eigenvalue weighted by atomic mass is 10.2. The van der Waals surface area contributed by atoms with E-state index in [4.69, 9.17) is 4.74 Å². The molecular weight excluding hydrogens is 252 g/mol. The first-order chi connectivity index (χ1) is 9.77. The minimum atomic E-state index is 0.0102. The normalized spacial score (nSPS) is 11.3. The van der Waals surface area contributed by atoms with Crippen molar-refractivity contribution in [3.63, 3.8) is 0 Å². The number of carbonyl (C=O) groups excluding carboxylic acids is 1. The number of nitrogens with zero attached hydrogens (tertiary/aromatic N) is 2. The van der Waals surface area contributed by atoms with Crippen molar-refractivity contribution in [2.75, 3.05) is 20.3 Å². The van der Waals surface area contributed by atoms with Crippen LogP contribution in [0.1, 0.15) is 18.9 Å². The highest BCUT2D eigenvalue weighted by Crippen LogP contribution is 2.05. The predicted octanol–water partition coefficient (Wildman–Crippen LogP) is 2.58. The van der Waals surface area contributed by atoms with Crippen LogP contribution < -0.4 is 0 Å². The Balaban J connectivity index is 2.66.